The Balaban J connectivity index is 1.67. The van der Waals surface area contributed by atoms with E-state index in [1.54, 1.807) is 7.11 Å². The Bertz CT molecular complexity index is 273. The highest BCUT2D eigenvalue weighted by Crippen LogP contribution is 2.60. The van der Waals surface area contributed by atoms with Gasteiger partial charge in [0.15, 0.2) is 0 Å². The summed E-state index contributed by atoms with van der Waals surface area (Å²) in [7, 11) is 1.72. The first-order chi connectivity index (χ1) is 8.22. The first-order valence-electron chi connectivity index (χ1n) is 7.24. The maximum Gasteiger partial charge on any atom is 0.139 e. The maximum atomic E-state index is 12.5. The summed E-state index contributed by atoms with van der Waals surface area (Å²) in [5.74, 6) is 3.21. The van der Waals surface area contributed by atoms with Gasteiger partial charge >= 0.3 is 0 Å². The number of rotatable bonds is 5. The minimum Gasteiger partial charge on any atom is -0.385 e. The highest BCUT2D eigenvalue weighted by molar-refractivity contribution is 5.85. The average Bonchev–Trinajstić information content (AvgIpc) is 2.27. The van der Waals surface area contributed by atoms with Crippen molar-refractivity contribution in [2.24, 2.45) is 23.2 Å². The van der Waals surface area contributed by atoms with Crippen LogP contribution in [0.5, 0.6) is 0 Å². The second-order valence-electron chi connectivity index (χ2n) is 6.72. The van der Waals surface area contributed by atoms with Gasteiger partial charge in [0, 0.05) is 25.6 Å². The number of carbonyl (C=O) groups excluding carboxylic acids is 1. The highest BCUT2D eigenvalue weighted by Gasteiger charge is 2.53. The number of hydrogen-bond acceptors (Lipinski definition) is 2. The molecule has 2 nitrogen and oxygen atoms in total. The summed E-state index contributed by atoms with van der Waals surface area (Å²) in [6, 6.07) is 0. The quantitative estimate of drug-likeness (QED) is 0.685. The Kier molecular flexibility index (Phi) is 3.02. The molecule has 0 aromatic heterocycles. The molecule has 0 atom stereocenters. The SMILES string of the molecule is COCCCC(=O)C12CC3CC(CC(C3)C1)C2. The first-order valence-corrected chi connectivity index (χ1v) is 7.24. The highest BCUT2D eigenvalue weighted by atomic mass is 16.5. The summed E-state index contributed by atoms with van der Waals surface area (Å²) >= 11 is 0. The van der Waals surface area contributed by atoms with Crippen molar-refractivity contribution in [1.29, 1.82) is 0 Å². The molecule has 4 bridgehead atoms. The van der Waals surface area contributed by atoms with E-state index in [1.165, 1.54) is 38.5 Å². The van der Waals surface area contributed by atoms with Gasteiger partial charge < -0.3 is 4.74 Å². The van der Waals surface area contributed by atoms with Gasteiger partial charge in [-0.15, -0.1) is 0 Å². The second-order valence-corrected chi connectivity index (χ2v) is 6.72. The molecule has 0 unspecified atom stereocenters. The summed E-state index contributed by atoms with van der Waals surface area (Å²) in [6.45, 7) is 0.734. The van der Waals surface area contributed by atoms with E-state index >= 15 is 0 Å². The van der Waals surface area contributed by atoms with Crippen molar-refractivity contribution in [2.45, 2.75) is 51.4 Å². The van der Waals surface area contributed by atoms with Gasteiger partial charge in [0.25, 0.3) is 0 Å². The first kappa shape index (κ1) is 11.7. The van der Waals surface area contributed by atoms with Gasteiger partial charge in [-0.05, 0) is 62.7 Å². The van der Waals surface area contributed by atoms with Gasteiger partial charge in [0.05, 0.1) is 0 Å². The molecule has 0 aliphatic heterocycles. The van der Waals surface area contributed by atoms with Crippen molar-refractivity contribution in [3.8, 4) is 0 Å². The zero-order valence-electron chi connectivity index (χ0n) is 10.9. The molecule has 0 aromatic carbocycles. The molecule has 0 heterocycles. The van der Waals surface area contributed by atoms with Crippen LogP contribution in [-0.4, -0.2) is 19.5 Å². The van der Waals surface area contributed by atoms with E-state index in [2.05, 4.69) is 0 Å². The van der Waals surface area contributed by atoms with Gasteiger partial charge in [-0.3, -0.25) is 4.79 Å². The lowest BCUT2D eigenvalue weighted by Gasteiger charge is -2.56. The van der Waals surface area contributed by atoms with Crippen molar-refractivity contribution >= 4 is 5.78 Å². The predicted molar refractivity (Wildman–Crippen MR) is 66.7 cm³/mol. The zero-order chi connectivity index (χ0) is 11.9. The van der Waals surface area contributed by atoms with E-state index in [1.807, 2.05) is 0 Å². The third kappa shape index (κ3) is 2.05. The molecule has 4 saturated carbocycles. The van der Waals surface area contributed by atoms with Crippen LogP contribution in [0.25, 0.3) is 0 Å². The van der Waals surface area contributed by atoms with E-state index in [0.29, 0.717) is 5.78 Å². The van der Waals surface area contributed by atoms with Crippen LogP contribution in [0.2, 0.25) is 0 Å². The van der Waals surface area contributed by atoms with Crippen molar-refractivity contribution in [1.82, 2.24) is 0 Å². The van der Waals surface area contributed by atoms with E-state index in [-0.39, 0.29) is 5.41 Å². The standard InChI is InChI=1S/C15H24O2/c1-17-4-2-3-14(16)15-8-11-5-12(9-15)7-13(6-11)10-15/h11-13H,2-10H2,1H3. The minimum absolute atomic E-state index is 0.114. The van der Waals surface area contributed by atoms with Crippen LogP contribution >= 0.6 is 0 Å². The molecule has 0 spiro atoms. The second kappa shape index (κ2) is 4.38. The number of ether oxygens (including phenoxy) is 1. The van der Waals surface area contributed by atoms with Crippen LogP contribution in [-0.2, 0) is 9.53 Å². The normalized spacial score (nSPS) is 43.0. The Morgan fingerprint density at radius 2 is 1.65 bits per heavy atom. The summed E-state index contributed by atoms with van der Waals surface area (Å²) in [6.07, 6.45) is 9.57. The molecule has 0 amide bonds. The Labute approximate surface area is 104 Å². The average molecular weight is 236 g/mol. The third-order valence-electron chi connectivity index (χ3n) is 5.38. The molecule has 0 radical (unpaired) electrons. The number of Topliss-reactive ketones (excluding diaryl/α,β-unsaturated/α-hetero) is 1. The summed E-state index contributed by atoms with van der Waals surface area (Å²) in [5.41, 5.74) is 0.114. The molecule has 96 valence electrons. The monoisotopic (exact) mass is 236 g/mol. The van der Waals surface area contributed by atoms with E-state index in [4.69, 9.17) is 4.74 Å². The third-order valence-corrected chi connectivity index (χ3v) is 5.38. The van der Waals surface area contributed by atoms with Gasteiger partial charge in [-0.1, -0.05) is 0 Å². The van der Waals surface area contributed by atoms with Crippen LogP contribution in [0.1, 0.15) is 51.4 Å². The molecular formula is C15H24O2. The van der Waals surface area contributed by atoms with Gasteiger partial charge in [0.1, 0.15) is 5.78 Å². The summed E-state index contributed by atoms with van der Waals surface area (Å²) in [4.78, 5) is 12.5. The van der Waals surface area contributed by atoms with Gasteiger partial charge in [-0.25, -0.2) is 0 Å². The Morgan fingerprint density at radius 3 is 2.12 bits per heavy atom. The van der Waals surface area contributed by atoms with Crippen molar-refractivity contribution in [3.63, 3.8) is 0 Å². The van der Waals surface area contributed by atoms with Gasteiger partial charge in [0.2, 0.25) is 0 Å². The molecule has 4 aliphatic rings. The summed E-state index contributed by atoms with van der Waals surface area (Å²) < 4.78 is 5.06. The topological polar surface area (TPSA) is 26.3 Å². The largest absolute Gasteiger partial charge is 0.385 e. The number of ketones is 1. The van der Waals surface area contributed by atoms with Crippen LogP contribution < -0.4 is 0 Å². The molecule has 2 heteroatoms. The van der Waals surface area contributed by atoms with E-state index < -0.39 is 0 Å². The van der Waals surface area contributed by atoms with Crippen LogP contribution in [0.15, 0.2) is 0 Å². The van der Waals surface area contributed by atoms with Crippen molar-refractivity contribution in [2.75, 3.05) is 13.7 Å². The minimum atomic E-state index is 0.114. The maximum absolute atomic E-state index is 12.5. The number of methoxy groups -OCH3 is 1. The lowest BCUT2D eigenvalue weighted by molar-refractivity contribution is -0.144. The van der Waals surface area contributed by atoms with E-state index in [0.717, 1.165) is 37.2 Å². The fourth-order valence-electron chi connectivity index (χ4n) is 5.09. The van der Waals surface area contributed by atoms with Crippen LogP contribution in [0, 0.1) is 23.2 Å². The van der Waals surface area contributed by atoms with Crippen molar-refractivity contribution < 1.29 is 9.53 Å². The fraction of sp³-hybridized carbons (Fsp3) is 0.933. The molecule has 0 saturated heterocycles. The fourth-order valence-corrected chi connectivity index (χ4v) is 5.09. The van der Waals surface area contributed by atoms with Crippen LogP contribution in [0.4, 0.5) is 0 Å². The van der Waals surface area contributed by atoms with Crippen LogP contribution in [0.3, 0.4) is 0 Å². The lowest BCUT2D eigenvalue weighted by atomic mass is 9.48. The van der Waals surface area contributed by atoms with Gasteiger partial charge in [-0.2, -0.15) is 0 Å². The molecule has 17 heavy (non-hydrogen) atoms. The lowest BCUT2D eigenvalue weighted by Crippen LogP contribution is -2.50. The molecule has 4 fully saturated rings. The molecular weight excluding hydrogens is 212 g/mol. The Morgan fingerprint density at radius 1 is 1.12 bits per heavy atom. The predicted octanol–water partition coefficient (Wildman–Crippen LogP) is 3.20. The molecule has 4 aliphatic carbocycles. The van der Waals surface area contributed by atoms with E-state index in [9.17, 15) is 4.79 Å². The number of hydrogen-bond donors (Lipinski definition) is 0. The molecule has 0 N–H and O–H groups in total. The summed E-state index contributed by atoms with van der Waals surface area (Å²) in [5, 5.41) is 0. The van der Waals surface area contributed by atoms with Crippen molar-refractivity contribution in [3.05, 3.63) is 0 Å². The molecule has 0 aromatic rings. The molecule has 4 rings (SSSR count). The smallest absolute Gasteiger partial charge is 0.139 e. The number of carbonyl (C=O) groups is 1. The zero-order valence-corrected chi connectivity index (χ0v) is 10.9. The Hall–Kier alpha value is -0.370.